The first-order chi connectivity index (χ1) is 12.8. The van der Waals surface area contributed by atoms with Gasteiger partial charge in [0.2, 0.25) is 11.8 Å². The number of aryl methyl sites for hydroxylation is 2. The molecule has 0 bridgehead atoms. The van der Waals surface area contributed by atoms with Crippen LogP contribution in [-0.2, 0) is 18.6 Å². The van der Waals surface area contributed by atoms with Gasteiger partial charge in [0, 0.05) is 10.3 Å². The Labute approximate surface area is 162 Å². The molecule has 3 aromatic heterocycles. The number of thioether (sulfide) groups is 1. The first-order valence-electron chi connectivity index (χ1n) is 8.25. The predicted octanol–water partition coefficient (Wildman–Crippen LogP) is 5.18. The Bertz CT molecular complexity index is 1110. The lowest BCUT2D eigenvalue weighted by molar-refractivity contribution is 0.528. The number of halogens is 1. The first kappa shape index (κ1) is 16.2. The Morgan fingerprint density at radius 1 is 1.15 bits per heavy atom. The molecule has 8 heteroatoms. The van der Waals surface area contributed by atoms with E-state index in [1.807, 2.05) is 24.3 Å². The van der Waals surface area contributed by atoms with E-state index in [0.717, 1.165) is 28.3 Å². The third kappa shape index (κ3) is 2.80. The van der Waals surface area contributed by atoms with Crippen molar-refractivity contribution in [3.05, 3.63) is 51.9 Å². The van der Waals surface area contributed by atoms with E-state index >= 15 is 0 Å². The molecule has 0 saturated heterocycles. The highest BCUT2D eigenvalue weighted by Gasteiger charge is 2.21. The third-order valence-corrected chi connectivity index (χ3v) is 6.87. The summed E-state index contributed by atoms with van der Waals surface area (Å²) in [6, 6.07) is 7.45. The fourth-order valence-corrected chi connectivity index (χ4v) is 5.57. The number of fused-ring (bicyclic) bond motifs is 3. The lowest BCUT2D eigenvalue weighted by Gasteiger charge is -2.02. The Morgan fingerprint density at radius 2 is 2.08 bits per heavy atom. The molecule has 1 aromatic carbocycles. The van der Waals surface area contributed by atoms with Gasteiger partial charge in [0.15, 0.2) is 0 Å². The number of hydrogen-bond acceptors (Lipinski definition) is 7. The molecule has 0 amide bonds. The normalized spacial score (nSPS) is 13.4. The Hall–Kier alpha value is -1.96. The van der Waals surface area contributed by atoms with Crippen LogP contribution in [0.15, 0.2) is 40.0 Å². The van der Waals surface area contributed by atoms with Crippen LogP contribution in [0.3, 0.4) is 0 Å². The van der Waals surface area contributed by atoms with Gasteiger partial charge in [-0.25, -0.2) is 9.97 Å². The number of aromatic nitrogens is 4. The van der Waals surface area contributed by atoms with Crippen molar-refractivity contribution in [2.75, 3.05) is 0 Å². The molecule has 0 spiro atoms. The molecule has 3 heterocycles. The van der Waals surface area contributed by atoms with E-state index in [1.54, 1.807) is 29.4 Å². The average molecular weight is 401 g/mol. The quantitative estimate of drug-likeness (QED) is 0.347. The van der Waals surface area contributed by atoms with Crippen LogP contribution in [0.4, 0.5) is 0 Å². The summed E-state index contributed by atoms with van der Waals surface area (Å²) in [5.74, 6) is 1.56. The number of rotatable bonds is 4. The zero-order valence-electron chi connectivity index (χ0n) is 13.6. The van der Waals surface area contributed by atoms with Gasteiger partial charge in [0.1, 0.15) is 16.2 Å². The van der Waals surface area contributed by atoms with Gasteiger partial charge in [0.25, 0.3) is 0 Å². The number of thiophene rings is 1. The fourth-order valence-electron chi connectivity index (χ4n) is 3.19. The van der Waals surface area contributed by atoms with E-state index in [-0.39, 0.29) is 0 Å². The molecule has 26 heavy (non-hydrogen) atoms. The molecule has 5 nitrogen and oxygen atoms in total. The van der Waals surface area contributed by atoms with E-state index < -0.39 is 0 Å². The van der Waals surface area contributed by atoms with Crippen LogP contribution in [-0.4, -0.2) is 20.2 Å². The molecule has 1 aliphatic carbocycles. The van der Waals surface area contributed by atoms with E-state index in [0.29, 0.717) is 22.6 Å². The minimum Gasteiger partial charge on any atom is -0.420 e. The van der Waals surface area contributed by atoms with E-state index in [2.05, 4.69) is 20.2 Å². The molecular weight excluding hydrogens is 388 g/mol. The molecule has 1 aliphatic rings. The second kappa shape index (κ2) is 6.64. The number of hydrogen-bond donors (Lipinski definition) is 0. The molecule has 5 rings (SSSR count). The predicted molar refractivity (Wildman–Crippen MR) is 104 cm³/mol. The second-order valence-electron chi connectivity index (χ2n) is 5.99. The van der Waals surface area contributed by atoms with Gasteiger partial charge in [-0.1, -0.05) is 35.5 Å². The average Bonchev–Trinajstić information content (AvgIpc) is 3.36. The van der Waals surface area contributed by atoms with Crippen molar-refractivity contribution >= 4 is 44.9 Å². The van der Waals surface area contributed by atoms with Gasteiger partial charge in [-0.2, -0.15) is 0 Å². The zero-order chi connectivity index (χ0) is 17.5. The van der Waals surface area contributed by atoms with Crippen molar-refractivity contribution in [2.45, 2.75) is 30.0 Å². The summed E-state index contributed by atoms with van der Waals surface area (Å²) >= 11 is 9.61. The van der Waals surface area contributed by atoms with Gasteiger partial charge < -0.3 is 4.42 Å². The van der Waals surface area contributed by atoms with Crippen LogP contribution in [0.25, 0.3) is 21.7 Å². The van der Waals surface area contributed by atoms with Crippen LogP contribution in [0.1, 0.15) is 22.8 Å². The largest absolute Gasteiger partial charge is 0.420 e. The molecule has 0 atom stereocenters. The summed E-state index contributed by atoms with van der Waals surface area (Å²) in [5.41, 5.74) is 2.17. The van der Waals surface area contributed by atoms with Crippen LogP contribution in [0.2, 0.25) is 5.02 Å². The van der Waals surface area contributed by atoms with Crippen molar-refractivity contribution in [3.8, 4) is 11.5 Å². The smallest absolute Gasteiger partial charge is 0.249 e. The lowest BCUT2D eigenvalue weighted by atomic mass is 10.2. The minimum absolute atomic E-state index is 0.440. The van der Waals surface area contributed by atoms with Crippen molar-refractivity contribution in [3.63, 3.8) is 0 Å². The van der Waals surface area contributed by atoms with E-state index in [9.17, 15) is 0 Å². The van der Waals surface area contributed by atoms with Gasteiger partial charge in [-0.05, 0) is 37.0 Å². The van der Waals surface area contributed by atoms with Crippen LogP contribution in [0.5, 0.6) is 0 Å². The molecule has 0 unspecified atom stereocenters. The topological polar surface area (TPSA) is 64.7 Å². The lowest BCUT2D eigenvalue weighted by Crippen LogP contribution is -1.88. The monoisotopic (exact) mass is 400 g/mol. The van der Waals surface area contributed by atoms with Gasteiger partial charge in [-0.3, -0.25) is 0 Å². The third-order valence-electron chi connectivity index (χ3n) is 4.37. The summed E-state index contributed by atoms with van der Waals surface area (Å²) in [5, 5.41) is 11.1. The Balaban J connectivity index is 1.41. The van der Waals surface area contributed by atoms with Gasteiger partial charge >= 0.3 is 0 Å². The summed E-state index contributed by atoms with van der Waals surface area (Å²) in [6.45, 7) is 0. The molecule has 130 valence electrons. The molecule has 0 saturated carbocycles. The SMILES string of the molecule is Clc1ccccc1-c1nnc(CSc2ncnc3sc4c(c23)CCC4)o1. The minimum atomic E-state index is 0.440. The molecule has 0 aliphatic heterocycles. The Kier molecular flexibility index (Phi) is 4.15. The van der Waals surface area contributed by atoms with Gasteiger partial charge in [-0.15, -0.1) is 21.5 Å². The summed E-state index contributed by atoms with van der Waals surface area (Å²) < 4.78 is 5.79. The van der Waals surface area contributed by atoms with Crippen LogP contribution < -0.4 is 0 Å². The van der Waals surface area contributed by atoms with Crippen molar-refractivity contribution in [1.29, 1.82) is 0 Å². The highest BCUT2D eigenvalue weighted by Crippen LogP contribution is 2.40. The molecular formula is C18H13ClN4OS2. The van der Waals surface area contributed by atoms with Crippen molar-refractivity contribution < 1.29 is 4.42 Å². The standard InChI is InChI=1S/C18H13ClN4OS2/c19-12-6-2-1-4-10(12)16-23-22-14(24-16)8-25-17-15-11-5-3-7-13(11)26-18(15)21-9-20-17/h1-2,4,6,9H,3,5,7-8H2. The maximum atomic E-state index is 6.20. The number of benzene rings is 1. The highest BCUT2D eigenvalue weighted by molar-refractivity contribution is 7.98. The van der Waals surface area contributed by atoms with E-state index in [1.165, 1.54) is 22.2 Å². The van der Waals surface area contributed by atoms with E-state index in [4.69, 9.17) is 16.0 Å². The van der Waals surface area contributed by atoms with Crippen molar-refractivity contribution in [1.82, 2.24) is 20.2 Å². The summed E-state index contributed by atoms with van der Waals surface area (Å²) in [4.78, 5) is 11.5. The fraction of sp³-hybridized carbons (Fsp3) is 0.222. The second-order valence-corrected chi connectivity index (χ2v) is 8.44. The molecule has 0 fully saturated rings. The first-order valence-corrected chi connectivity index (χ1v) is 10.4. The van der Waals surface area contributed by atoms with Crippen LogP contribution >= 0.6 is 34.7 Å². The summed E-state index contributed by atoms with van der Waals surface area (Å²) in [6.07, 6.45) is 5.14. The maximum absolute atomic E-state index is 6.20. The molecule has 0 N–H and O–H groups in total. The molecule has 4 aromatic rings. The zero-order valence-corrected chi connectivity index (χ0v) is 16.0. The summed E-state index contributed by atoms with van der Waals surface area (Å²) in [7, 11) is 0. The molecule has 0 radical (unpaired) electrons. The highest BCUT2D eigenvalue weighted by atomic mass is 35.5. The number of nitrogens with zero attached hydrogens (tertiary/aromatic N) is 4. The maximum Gasteiger partial charge on any atom is 0.249 e. The van der Waals surface area contributed by atoms with Gasteiger partial charge in [0.05, 0.1) is 16.3 Å². The van der Waals surface area contributed by atoms with Crippen LogP contribution in [0, 0.1) is 0 Å². The van der Waals surface area contributed by atoms with Crippen molar-refractivity contribution in [2.24, 2.45) is 0 Å². The Morgan fingerprint density at radius 3 is 3.00 bits per heavy atom.